The van der Waals surface area contributed by atoms with E-state index in [0.29, 0.717) is 35.6 Å². The second-order valence-electron chi connectivity index (χ2n) is 11.7. The zero-order valence-electron chi connectivity index (χ0n) is 23.8. The first-order valence-corrected chi connectivity index (χ1v) is 16.2. The number of carbonyl (C=O) groups is 1. The van der Waals surface area contributed by atoms with E-state index in [-0.39, 0.29) is 11.2 Å². The highest BCUT2D eigenvalue weighted by Gasteiger charge is 2.38. The van der Waals surface area contributed by atoms with Crippen molar-refractivity contribution in [2.45, 2.75) is 69.0 Å². The molecule has 2 aliphatic rings. The van der Waals surface area contributed by atoms with Gasteiger partial charge in [-0.2, -0.15) is 4.98 Å². The van der Waals surface area contributed by atoms with Crippen molar-refractivity contribution in [2.75, 3.05) is 5.32 Å². The number of aromatic nitrogens is 3. The Kier molecular flexibility index (Phi) is 8.22. The van der Waals surface area contributed by atoms with Crippen molar-refractivity contribution in [2.24, 2.45) is 0 Å². The molecule has 0 saturated heterocycles. The number of fused-ring (bicyclic) bond motifs is 1. The largest absolute Gasteiger partial charge is 0.489 e. The number of hydrogen-bond donors (Lipinski definition) is 1. The fraction of sp³-hybridized carbons (Fsp3) is 0.303. The van der Waals surface area contributed by atoms with Crippen LogP contribution in [0, 0.1) is 0 Å². The van der Waals surface area contributed by atoms with Crippen molar-refractivity contribution >= 4 is 51.0 Å². The predicted molar refractivity (Wildman–Crippen MR) is 172 cm³/mol. The van der Waals surface area contributed by atoms with Crippen LogP contribution in [0.1, 0.15) is 68.3 Å². The van der Waals surface area contributed by atoms with E-state index in [9.17, 15) is 4.79 Å². The molecule has 0 radical (unpaired) electrons. The number of allylic oxidation sites excluding steroid dienone is 2. The van der Waals surface area contributed by atoms with Crippen LogP contribution < -0.4 is 10.1 Å². The maximum Gasteiger partial charge on any atom is 0.227 e. The molecule has 1 N–H and O–H groups in total. The van der Waals surface area contributed by atoms with Crippen LogP contribution in [0.2, 0.25) is 5.02 Å². The number of ketones is 1. The van der Waals surface area contributed by atoms with Crippen LogP contribution in [0.4, 0.5) is 5.95 Å². The van der Waals surface area contributed by atoms with E-state index >= 15 is 0 Å². The predicted octanol–water partition coefficient (Wildman–Crippen LogP) is 8.88. The van der Waals surface area contributed by atoms with Crippen LogP contribution in [0.25, 0.3) is 0 Å². The molecule has 0 spiro atoms. The minimum atomic E-state index is -0.457. The number of benzene rings is 3. The molecule has 6 rings (SSSR count). The second-order valence-corrected chi connectivity index (χ2v) is 13.9. The van der Waals surface area contributed by atoms with Crippen LogP contribution in [0.5, 0.6) is 5.75 Å². The summed E-state index contributed by atoms with van der Waals surface area (Å²) < 4.78 is 9.19. The number of halogens is 2. The zero-order chi connectivity index (χ0) is 29.4. The number of thioether (sulfide) groups is 1. The van der Waals surface area contributed by atoms with Crippen molar-refractivity contribution in [3.8, 4) is 5.75 Å². The SMILES string of the molecule is CC(C)(C)c1ccc(COc2ccc(Br)cc2C2C3=C(CCCC3=O)Nc3nc(SCc4ccccc4Cl)nn32)cc1. The topological polar surface area (TPSA) is 69.0 Å². The van der Waals surface area contributed by atoms with Gasteiger partial charge in [-0.15, -0.1) is 5.10 Å². The molecular weight excluding hydrogens is 632 g/mol. The van der Waals surface area contributed by atoms with Gasteiger partial charge in [0.15, 0.2) is 5.78 Å². The first-order chi connectivity index (χ1) is 20.2. The van der Waals surface area contributed by atoms with Crippen LogP contribution in [0.3, 0.4) is 0 Å². The highest BCUT2D eigenvalue weighted by Crippen LogP contribution is 2.44. The Morgan fingerprint density at radius 2 is 1.88 bits per heavy atom. The maximum atomic E-state index is 13.4. The highest BCUT2D eigenvalue weighted by molar-refractivity contribution is 9.10. The minimum Gasteiger partial charge on any atom is -0.489 e. The highest BCUT2D eigenvalue weighted by atomic mass is 79.9. The molecule has 42 heavy (non-hydrogen) atoms. The number of anilines is 1. The number of nitrogens with one attached hydrogen (secondary N) is 1. The molecule has 2 heterocycles. The van der Waals surface area contributed by atoms with Gasteiger partial charge in [-0.3, -0.25) is 4.79 Å². The second kappa shape index (κ2) is 11.9. The smallest absolute Gasteiger partial charge is 0.227 e. The lowest BCUT2D eigenvalue weighted by Gasteiger charge is -2.33. The molecule has 216 valence electrons. The summed E-state index contributed by atoms with van der Waals surface area (Å²) in [6.45, 7) is 7.04. The van der Waals surface area contributed by atoms with Gasteiger partial charge in [0.25, 0.3) is 0 Å². The van der Waals surface area contributed by atoms with E-state index < -0.39 is 6.04 Å². The van der Waals surface area contributed by atoms with Gasteiger partial charge < -0.3 is 10.1 Å². The summed E-state index contributed by atoms with van der Waals surface area (Å²) in [6, 6.07) is 21.8. The minimum absolute atomic E-state index is 0.0885. The summed E-state index contributed by atoms with van der Waals surface area (Å²) in [6.07, 6.45) is 2.11. The molecule has 0 amide bonds. The Morgan fingerprint density at radius 1 is 1.10 bits per heavy atom. The lowest BCUT2D eigenvalue weighted by atomic mass is 9.85. The summed E-state index contributed by atoms with van der Waals surface area (Å²) in [5, 5.41) is 9.67. The van der Waals surface area contributed by atoms with Crippen molar-refractivity contribution in [1.82, 2.24) is 14.8 Å². The number of hydrogen-bond acceptors (Lipinski definition) is 6. The van der Waals surface area contributed by atoms with Crippen molar-refractivity contribution in [1.29, 1.82) is 0 Å². The molecular formula is C33H32BrClN4O2S. The first-order valence-electron chi connectivity index (χ1n) is 14.0. The van der Waals surface area contributed by atoms with Gasteiger partial charge >= 0.3 is 0 Å². The van der Waals surface area contributed by atoms with E-state index in [1.54, 1.807) is 0 Å². The Balaban J connectivity index is 1.34. The summed E-state index contributed by atoms with van der Waals surface area (Å²) in [4.78, 5) is 18.3. The third-order valence-corrected chi connectivity index (χ3v) is 9.39. The average Bonchev–Trinajstić information content (AvgIpc) is 3.37. The van der Waals surface area contributed by atoms with Crippen LogP contribution >= 0.6 is 39.3 Å². The molecule has 6 nitrogen and oxygen atoms in total. The number of Topliss-reactive ketones (excluding diaryl/α,β-unsaturated/α-hetero) is 1. The molecule has 1 aliphatic heterocycles. The van der Waals surface area contributed by atoms with E-state index in [4.69, 9.17) is 26.4 Å². The summed E-state index contributed by atoms with van der Waals surface area (Å²) in [5.74, 6) is 2.10. The van der Waals surface area contributed by atoms with Crippen molar-refractivity contribution < 1.29 is 9.53 Å². The molecule has 0 fully saturated rings. The Morgan fingerprint density at radius 3 is 2.64 bits per heavy atom. The standard InChI is InChI=1S/C33H32BrClN4O2S/c1-33(2,3)22-13-11-20(12-14-22)18-41-28-16-15-23(34)17-24(28)30-29-26(9-6-10-27(29)40)36-31-37-32(38-39(30)31)42-19-21-7-4-5-8-25(21)35/h4-5,7-8,11-17,30H,6,9-10,18-19H2,1-3H3,(H,36,37,38). The van der Waals surface area contributed by atoms with Gasteiger partial charge in [0.2, 0.25) is 11.1 Å². The normalized spacial score (nSPS) is 16.6. The van der Waals surface area contributed by atoms with Crippen LogP contribution in [-0.2, 0) is 22.6 Å². The van der Waals surface area contributed by atoms with Gasteiger partial charge in [0.1, 0.15) is 18.4 Å². The Labute approximate surface area is 264 Å². The molecule has 3 aromatic carbocycles. The summed E-state index contributed by atoms with van der Waals surface area (Å²) >= 11 is 11.6. The van der Waals surface area contributed by atoms with Crippen molar-refractivity contribution in [3.63, 3.8) is 0 Å². The molecule has 9 heteroatoms. The Hall–Kier alpha value is -3.07. The quantitative estimate of drug-likeness (QED) is 0.199. The van der Waals surface area contributed by atoms with Crippen LogP contribution in [0.15, 0.2) is 87.6 Å². The number of ether oxygens (including phenoxy) is 1. The number of rotatable bonds is 7. The van der Waals surface area contributed by atoms with E-state index in [0.717, 1.165) is 50.3 Å². The Bertz CT molecular complexity index is 1680. The van der Waals surface area contributed by atoms with E-state index in [1.807, 2.05) is 47.1 Å². The lowest BCUT2D eigenvalue weighted by molar-refractivity contribution is -0.116. The molecule has 4 aromatic rings. The third kappa shape index (κ3) is 6.03. The fourth-order valence-corrected chi connectivity index (χ4v) is 6.86. The zero-order valence-corrected chi connectivity index (χ0v) is 26.9. The van der Waals surface area contributed by atoms with E-state index in [1.165, 1.54) is 17.3 Å². The van der Waals surface area contributed by atoms with Crippen molar-refractivity contribution in [3.05, 3.63) is 110 Å². The molecule has 0 saturated carbocycles. The molecule has 1 aromatic heterocycles. The van der Waals surface area contributed by atoms with Gasteiger partial charge in [0.05, 0.1) is 0 Å². The maximum absolute atomic E-state index is 13.4. The van der Waals surface area contributed by atoms with Crippen LogP contribution in [-0.4, -0.2) is 20.5 Å². The van der Waals surface area contributed by atoms with Gasteiger partial charge in [-0.05, 0) is 59.2 Å². The lowest BCUT2D eigenvalue weighted by Crippen LogP contribution is -2.31. The molecule has 1 unspecified atom stereocenters. The monoisotopic (exact) mass is 662 g/mol. The molecule has 0 bridgehead atoms. The van der Waals surface area contributed by atoms with Gasteiger partial charge in [0, 0.05) is 38.5 Å². The van der Waals surface area contributed by atoms with E-state index in [2.05, 4.69) is 66.3 Å². The van der Waals surface area contributed by atoms with Gasteiger partial charge in [-0.25, -0.2) is 4.68 Å². The molecule has 1 atom stereocenters. The summed E-state index contributed by atoms with van der Waals surface area (Å²) in [5.41, 5.74) is 5.99. The molecule has 1 aliphatic carbocycles. The third-order valence-electron chi connectivity index (χ3n) is 7.64. The number of carbonyl (C=O) groups excluding carboxylic acids is 1. The fourth-order valence-electron chi connectivity index (χ4n) is 5.37. The van der Waals surface area contributed by atoms with Gasteiger partial charge in [-0.1, -0.05) is 103 Å². The number of nitrogens with zero attached hydrogens (tertiary/aromatic N) is 3. The average molecular weight is 664 g/mol. The summed E-state index contributed by atoms with van der Waals surface area (Å²) in [7, 11) is 0. The first kappa shape index (κ1) is 29.0.